The van der Waals surface area contributed by atoms with E-state index >= 15 is 0 Å². The number of hydrogen-bond acceptors (Lipinski definition) is 4. The third-order valence-electron chi connectivity index (χ3n) is 4.79. The lowest BCUT2D eigenvalue weighted by Crippen LogP contribution is -2.14. The Morgan fingerprint density at radius 2 is 1.91 bits per heavy atom. The Labute approximate surface area is 217 Å². The van der Waals surface area contributed by atoms with Crippen LogP contribution in [-0.4, -0.2) is 12.5 Å². The van der Waals surface area contributed by atoms with E-state index in [1.54, 1.807) is 36.4 Å². The highest BCUT2D eigenvalue weighted by Gasteiger charge is 2.16. The lowest BCUT2D eigenvalue weighted by Gasteiger charge is -2.15. The summed E-state index contributed by atoms with van der Waals surface area (Å²) in [5.41, 5.74) is 2.73. The summed E-state index contributed by atoms with van der Waals surface area (Å²) in [6.45, 7) is 4.35. The van der Waals surface area contributed by atoms with Crippen LogP contribution in [0.4, 0.5) is 5.69 Å². The van der Waals surface area contributed by atoms with Crippen LogP contribution in [0.3, 0.4) is 0 Å². The largest absolute Gasteiger partial charge is 0.490 e. The highest BCUT2D eigenvalue weighted by atomic mass is 79.9. The van der Waals surface area contributed by atoms with E-state index in [-0.39, 0.29) is 12.2 Å². The third-order valence-corrected chi connectivity index (χ3v) is 5.98. The van der Waals surface area contributed by atoms with E-state index in [9.17, 15) is 10.1 Å². The van der Waals surface area contributed by atoms with E-state index in [0.717, 1.165) is 11.1 Å². The lowest BCUT2D eigenvalue weighted by molar-refractivity contribution is -0.112. The molecule has 0 atom stereocenters. The number of aryl methyl sites for hydroxylation is 1. The minimum atomic E-state index is -0.541. The number of ether oxygens (including phenoxy) is 2. The number of hydrogen-bond donors (Lipinski definition) is 1. The van der Waals surface area contributed by atoms with Crippen molar-refractivity contribution >= 4 is 56.8 Å². The molecule has 0 aliphatic rings. The molecule has 8 heteroatoms. The zero-order chi connectivity index (χ0) is 24.7. The van der Waals surface area contributed by atoms with Gasteiger partial charge in [-0.25, -0.2) is 0 Å². The zero-order valence-electron chi connectivity index (χ0n) is 18.5. The van der Waals surface area contributed by atoms with Gasteiger partial charge in [0.25, 0.3) is 5.91 Å². The summed E-state index contributed by atoms with van der Waals surface area (Å²) in [6, 6.07) is 18.0. The third kappa shape index (κ3) is 6.54. The molecule has 0 aliphatic carbocycles. The van der Waals surface area contributed by atoms with Gasteiger partial charge in [-0.2, -0.15) is 5.26 Å². The Bertz CT molecular complexity index is 1290. The van der Waals surface area contributed by atoms with Gasteiger partial charge in [0, 0.05) is 21.3 Å². The van der Waals surface area contributed by atoms with E-state index in [4.69, 9.17) is 32.7 Å². The quantitative estimate of drug-likeness (QED) is 0.228. The second-order valence-electron chi connectivity index (χ2n) is 7.23. The first-order valence-corrected chi connectivity index (χ1v) is 11.9. The summed E-state index contributed by atoms with van der Waals surface area (Å²) >= 11 is 15.8. The Balaban J connectivity index is 1.87. The molecule has 34 heavy (non-hydrogen) atoms. The molecule has 3 rings (SSSR count). The van der Waals surface area contributed by atoms with E-state index in [1.807, 2.05) is 38.1 Å². The van der Waals surface area contributed by atoms with Crippen molar-refractivity contribution in [1.82, 2.24) is 0 Å². The molecule has 3 aromatic carbocycles. The molecule has 0 unspecified atom stereocenters. The van der Waals surface area contributed by atoms with Crippen LogP contribution in [0.25, 0.3) is 6.08 Å². The SMILES string of the molecule is CCOc1cc(/C=C(\C#N)C(=O)Nc2cc(Cl)ccc2C)cc(Br)c1OCc1ccccc1Cl. The zero-order valence-corrected chi connectivity index (χ0v) is 21.6. The number of amides is 1. The van der Waals surface area contributed by atoms with Gasteiger partial charge in [0.15, 0.2) is 11.5 Å². The van der Waals surface area contributed by atoms with Gasteiger partial charge in [-0.3, -0.25) is 4.79 Å². The van der Waals surface area contributed by atoms with Crippen LogP contribution in [0.5, 0.6) is 11.5 Å². The second-order valence-corrected chi connectivity index (χ2v) is 8.92. The van der Waals surface area contributed by atoms with E-state index in [1.165, 1.54) is 6.08 Å². The van der Waals surface area contributed by atoms with Crippen LogP contribution < -0.4 is 14.8 Å². The second kappa shape index (κ2) is 11.9. The number of nitrogens with zero attached hydrogens (tertiary/aromatic N) is 1. The predicted molar refractivity (Wildman–Crippen MR) is 140 cm³/mol. The van der Waals surface area contributed by atoms with Crippen molar-refractivity contribution in [2.75, 3.05) is 11.9 Å². The molecule has 1 amide bonds. The molecular weight excluding hydrogens is 539 g/mol. The lowest BCUT2D eigenvalue weighted by atomic mass is 10.1. The van der Waals surface area contributed by atoms with E-state index in [0.29, 0.717) is 43.9 Å². The maximum atomic E-state index is 12.7. The van der Waals surface area contributed by atoms with Crippen molar-refractivity contribution < 1.29 is 14.3 Å². The Morgan fingerprint density at radius 1 is 1.15 bits per heavy atom. The average Bonchev–Trinajstić information content (AvgIpc) is 2.80. The fourth-order valence-corrected chi connectivity index (χ4v) is 4.01. The van der Waals surface area contributed by atoms with Crippen LogP contribution in [0.2, 0.25) is 10.0 Å². The van der Waals surface area contributed by atoms with Crippen molar-refractivity contribution in [2.45, 2.75) is 20.5 Å². The molecule has 0 aliphatic heterocycles. The highest BCUT2D eigenvalue weighted by molar-refractivity contribution is 9.10. The van der Waals surface area contributed by atoms with Crippen molar-refractivity contribution in [2.24, 2.45) is 0 Å². The Hall–Kier alpha value is -2.98. The standard InChI is InChI=1S/C26H21BrCl2N2O3/c1-3-33-24-12-17(11-21(27)25(24)34-15-18-6-4-5-7-22(18)29)10-19(14-30)26(32)31-23-13-20(28)9-8-16(23)2/h4-13H,3,15H2,1-2H3,(H,31,32)/b19-10+. The van der Waals surface area contributed by atoms with E-state index in [2.05, 4.69) is 21.2 Å². The first kappa shape index (κ1) is 25.6. The van der Waals surface area contributed by atoms with Gasteiger partial charge >= 0.3 is 0 Å². The van der Waals surface area contributed by atoms with Crippen molar-refractivity contribution in [3.8, 4) is 17.6 Å². The van der Waals surface area contributed by atoms with Crippen LogP contribution in [0, 0.1) is 18.3 Å². The predicted octanol–water partition coefficient (Wildman–Crippen LogP) is 7.59. The number of nitriles is 1. The molecule has 3 aromatic rings. The molecule has 0 heterocycles. The molecule has 0 aromatic heterocycles. The first-order valence-electron chi connectivity index (χ1n) is 10.3. The highest BCUT2D eigenvalue weighted by Crippen LogP contribution is 2.38. The number of anilines is 1. The normalized spacial score (nSPS) is 11.0. The summed E-state index contributed by atoms with van der Waals surface area (Å²) in [5.74, 6) is 0.427. The average molecular weight is 560 g/mol. The van der Waals surface area contributed by atoms with Gasteiger partial charge in [-0.15, -0.1) is 0 Å². The molecule has 0 saturated heterocycles. The Kier molecular flexibility index (Phi) is 9.00. The van der Waals surface area contributed by atoms with Crippen molar-refractivity contribution in [3.63, 3.8) is 0 Å². The monoisotopic (exact) mass is 558 g/mol. The number of carbonyl (C=O) groups is 1. The summed E-state index contributed by atoms with van der Waals surface area (Å²) < 4.78 is 12.4. The maximum Gasteiger partial charge on any atom is 0.266 e. The Morgan fingerprint density at radius 3 is 2.62 bits per heavy atom. The van der Waals surface area contributed by atoms with Gasteiger partial charge in [-0.05, 0) is 77.3 Å². The molecule has 0 saturated carbocycles. The van der Waals surface area contributed by atoms with E-state index < -0.39 is 5.91 Å². The van der Waals surface area contributed by atoms with Crippen molar-refractivity contribution in [1.29, 1.82) is 5.26 Å². The minimum Gasteiger partial charge on any atom is -0.490 e. The fraction of sp³-hybridized carbons (Fsp3) is 0.154. The summed E-state index contributed by atoms with van der Waals surface area (Å²) in [4.78, 5) is 12.7. The van der Waals surface area contributed by atoms with Crippen molar-refractivity contribution in [3.05, 3.63) is 91.4 Å². The number of carbonyl (C=O) groups excluding carboxylic acids is 1. The molecule has 0 spiro atoms. The fourth-order valence-electron chi connectivity index (χ4n) is 3.07. The molecule has 0 bridgehead atoms. The molecule has 5 nitrogen and oxygen atoms in total. The molecular formula is C26H21BrCl2N2O3. The maximum absolute atomic E-state index is 12.7. The van der Waals surface area contributed by atoms with Gasteiger partial charge in [0.1, 0.15) is 18.2 Å². The van der Waals surface area contributed by atoms with Crippen LogP contribution in [0.1, 0.15) is 23.6 Å². The molecule has 1 N–H and O–H groups in total. The number of halogens is 3. The minimum absolute atomic E-state index is 0.0709. The van der Waals surface area contributed by atoms with Crippen LogP contribution >= 0.6 is 39.1 Å². The topological polar surface area (TPSA) is 71.3 Å². The number of rotatable bonds is 8. The van der Waals surface area contributed by atoms with Gasteiger partial charge in [0.2, 0.25) is 0 Å². The number of nitrogens with one attached hydrogen (secondary N) is 1. The van der Waals surface area contributed by atoms with Crippen LogP contribution in [-0.2, 0) is 11.4 Å². The smallest absolute Gasteiger partial charge is 0.266 e. The molecule has 0 fully saturated rings. The van der Waals surface area contributed by atoms with Crippen LogP contribution in [0.15, 0.2) is 64.6 Å². The molecule has 0 radical (unpaired) electrons. The summed E-state index contributed by atoms with van der Waals surface area (Å²) in [7, 11) is 0. The summed E-state index contributed by atoms with van der Waals surface area (Å²) in [6.07, 6.45) is 1.49. The summed E-state index contributed by atoms with van der Waals surface area (Å²) in [5, 5.41) is 13.4. The number of benzene rings is 3. The van der Waals surface area contributed by atoms with Gasteiger partial charge < -0.3 is 14.8 Å². The van der Waals surface area contributed by atoms with Gasteiger partial charge in [-0.1, -0.05) is 47.5 Å². The van der Waals surface area contributed by atoms with Gasteiger partial charge in [0.05, 0.1) is 11.1 Å². The first-order chi connectivity index (χ1) is 16.3. The molecule has 174 valence electrons.